The second kappa shape index (κ2) is 5.77. The molecule has 0 spiro atoms. The molecule has 2 rings (SSSR count). The molecule has 1 aromatic carbocycles. The third-order valence-electron chi connectivity index (χ3n) is 2.65. The number of benzene rings is 1. The van der Waals surface area contributed by atoms with E-state index in [1.165, 1.54) is 12.4 Å². The molecule has 0 saturated carbocycles. The van der Waals surface area contributed by atoms with Crippen LogP contribution in [0.5, 0.6) is 0 Å². The molecule has 0 unspecified atom stereocenters. The molecule has 0 aliphatic heterocycles. The number of hydrogen-bond acceptors (Lipinski definition) is 6. The van der Waals surface area contributed by atoms with Crippen molar-refractivity contribution in [1.29, 1.82) is 5.26 Å². The molecule has 0 aliphatic rings. The van der Waals surface area contributed by atoms with Crippen LogP contribution in [0, 0.1) is 18.3 Å². The highest BCUT2D eigenvalue weighted by Crippen LogP contribution is 2.17. The average molecular weight is 268 g/mol. The van der Waals surface area contributed by atoms with Crippen LogP contribution in [0.25, 0.3) is 0 Å². The second-order valence-corrected chi connectivity index (χ2v) is 4.03. The Morgan fingerprint density at radius 3 is 2.75 bits per heavy atom. The Labute approximate surface area is 115 Å². The SMILES string of the molecule is Cc1ccc(C#N)cc1NC(=O)c1cnc(NN)cn1. The summed E-state index contributed by atoms with van der Waals surface area (Å²) in [5.41, 5.74) is 4.37. The summed E-state index contributed by atoms with van der Waals surface area (Å²) < 4.78 is 0. The number of amides is 1. The van der Waals surface area contributed by atoms with Crippen molar-refractivity contribution < 1.29 is 4.79 Å². The molecule has 0 radical (unpaired) electrons. The Kier molecular flexibility index (Phi) is 3.88. The zero-order chi connectivity index (χ0) is 14.5. The third kappa shape index (κ3) is 2.88. The smallest absolute Gasteiger partial charge is 0.275 e. The Bertz CT molecular complexity index is 674. The predicted molar refractivity (Wildman–Crippen MR) is 73.7 cm³/mol. The van der Waals surface area contributed by atoms with Crippen molar-refractivity contribution in [3.63, 3.8) is 0 Å². The number of carbonyl (C=O) groups is 1. The number of hydrazine groups is 1. The predicted octanol–water partition coefficient (Wildman–Crippen LogP) is 1.19. The molecule has 7 heteroatoms. The first-order chi connectivity index (χ1) is 9.63. The number of nitriles is 1. The van der Waals surface area contributed by atoms with E-state index in [9.17, 15) is 4.79 Å². The number of nitrogens with two attached hydrogens (primary N) is 1. The Morgan fingerprint density at radius 2 is 2.15 bits per heavy atom. The van der Waals surface area contributed by atoms with Crippen LogP contribution in [0.4, 0.5) is 11.5 Å². The van der Waals surface area contributed by atoms with Crippen LogP contribution in [-0.4, -0.2) is 15.9 Å². The van der Waals surface area contributed by atoms with Gasteiger partial charge in [0.1, 0.15) is 5.69 Å². The molecule has 100 valence electrons. The number of nitrogens with one attached hydrogen (secondary N) is 2. The van der Waals surface area contributed by atoms with Crippen LogP contribution in [0.2, 0.25) is 0 Å². The largest absolute Gasteiger partial charge is 0.320 e. The lowest BCUT2D eigenvalue weighted by molar-refractivity contribution is 0.102. The molecule has 1 amide bonds. The van der Waals surface area contributed by atoms with Crippen molar-refractivity contribution in [3.8, 4) is 6.07 Å². The number of aryl methyl sites for hydroxylation is 1. The summed E-state index contributed by atoms with van der Waals surface area (Å²) in [6, 6.07) is 7.08. The number of hydrogen-bond donors (Lipinski definition) is 3. The van der Waals surface area contributed by atoms with Crippen LogP contribution in [0.15, 0.2) is 30.6 Å². The summed E-state index contributed by atoms with van der Waals surface area (Å²) in [5, 5.41) is 11.6. The zero-order valence-corrected chi connectivity index (χ0v) is 10.7. The van der Waals surface area contributed by atoms with Crippen LogP contribution >= 0.6 is 0 Å². The molecule has 0 aliphatic carbocycles. The van der Waals surface area contributed by atoms with E-state index in [1.807, 2.05) is 13.0 Å². The van der Waals surface area contributed by atoms with E-state index < -0.39 is 5.91 Å². The van der Waals surface area contributed by atoms with Gasteiger partial charge < -0.3 is 10.7 Å². The number of aromatic nitrogens is 2. The molecule has 1 heterocycles. The van der Waals surface area contributed by atoms with Gasteiger partial charge >= 0.3 is 0 Å². The van der Waals surface area contributed by atoms with Crippen molar-refractivity contribution in [2.75, 3.05) is 10.7 Å². The zero-order valence-electron chi connectivity index (χ0n) is 10.7. The van der Waals surface area contributed by atoms with Crippen LogP contribution in [-0.2, 0) is 0 Å². The fourth-order valence-corrected chi connectivity index (χ4v) is 1.53. The van der Waals surface area contributed by atoms with Crippen molar-refractivity contribution in [1.82, 2.24) is 9.97 Å². The lowest BCUT2D eigenvalue weighted by atomic mass is 10.1. The summed E-state index contributed by atoms with van der Waals surface area (Å²) >= 11 is 0. The number of anilines is 2. The minimum absolute atomic E-state index is 0.158. The first kappa shape index (κ1) is 13.5. The first-order valence-electron chi connectivity index (χ1n) is 5.75. The van der Waals surface area contributed by atoms with Crippen LogP contribution in [0.1, 0.15) is 21.6 Å². The van der Waals surface area contributed by atoms with E-state index >= 15 is 0 Å². The van der Waals surface area contributed by atoms with Gasteiger partial charge in [-0.25, -0.2) is 15.8 Å². The molecule has 0 saturated heterocycles. The molecule has 0 atom stereocenters. The van der Waals surface area contributed by atoms with Gasteiger partial charge in [0.05, 0.1) is 24.0 Å². The maximum absolute atomic E-state index is 12.0. The fourth-order valence-electron chi connectivity index (χ4n) is 1.53. The van der Waals surface area contributed by atoms with E-state index in [0.29, 0.717) is 17.1 Å². The molecule has 1 aromatic heterocycles. The summed E-state index contributed by atoms with van der Waals surface area (Å²) in [6.07, 6.45) is 2.67. The topological polar surface area (TPSA) is 117 Å². The Balaban J connectivity index is 2.20. The number of carbonyl (C=O) groups excluding carboxylic acids is 1. The summed E-state index contributed by atoms with van der Waals surface area (Å²) in [6.45, 7) is 1.84. The monoisotopic (exact) mass is 268 g/mol. The van der Waals surface area contributed by atoms with Gasteiger partial charge in [-0.3, -0.25) is 4.79 Å². The van der Waals surface area contributed by atoms with Crippen molar-refractivity contribution in [3.05, 3.63) is 47.4 Å². The van der Waals surface area contributed by atoms with E-state index in [-0.39, 0.29) is 5.69 Å². The van der Waals surface area contributed by atoms with Gasteiger partial charge in [-0.2, -0.15) is 5.26 Å². The van der Waals surface area contributed by atoms with Crippen molar-refractivity contribution in [2.24, 2.45) is 5.84 Å². The van der Waals surface area contributed by atoms with Crippen molar-refractivity contribution in [2.45, 2.75) is 6.92 Å². The molecule has 20 heavy (non-hydrogen) atoms. The summed E-state index contributed by atoms with van der Waals surface area (Å²) in [7, 11) is 0. The van der Waals surface area contributed by atoms with Crippen LogP contribution < -0.4 is 16.6 Å². The van der Waals surface area contributed by atoms with E-state index in [2.05, 4.69) is 20.7 Å². The lowest BCUT2D eigenvalue weighted by Gasteiger charge is -2.08. The second-order valence-electron chi connectivity index (χ2n) is 4.03. The number of nitrogen functional groups attached to an aromatic ring is 1. The molecule has 0 fully saturated rings. The van der Waals surface area contributed by atoms with E-state index in [1.54, 1.807) is 18.2 Å². The standard InChI is InChI=1S/C13H12N6O/c1-8-2-3-9(5-14)4-10(8)18-13(20)11-6-17-12(19-15)7-16-11/h2-4,6-7H,15H2,1H3,(H,17,19)(H,18,20). The van der Waals surface area contributed by atoms with Gasteiger partial charge in [0.25, 0.3) is 5.91 Å². The van der Waals surface area contributed by atoms with Gasteiger partial charge in [0, 0.05) is 5.69 Å². The fraction of sp³-hybridized carbons (Fsp3) is 0.0769. The first-order valence-corrected chi connectivity index (χ1v) is 5.75. The van der Waals surface area contributed by atoms with Gasteiger partial charge in [0.15, 0.2) is 5.82 Å². The van der Waals surface area contributed by atoms with Gasteiger partial charge in [-0.1, -0.05) is 6.07 Å². The highest BCUT2D eigenvalue weighted by molar-refractivity contribution is 6.03. The summed E-state index contributed by atoms with van der Waals surface area (Å²) in [5.74, 6) is 5.13. The molecular formula is C13H12N6O. The molecular weight excluding hydrogens is 256 g/mol. The molecule has 2 aromatic rings. The van der Waals surface area contributed by atoms with Gasteiger partial charge in [-0.05, 0) is 24.6 Å². The van der Waals surface area contributed by atoms with Crippen LogP contribution in [0.3, 0.4) is 0 Å². The highest BCUT2D eigenvalue weighted by atomic mass is 16.1. The van der Waals surface area contributed by atoms with Gasteiger partial charge in [0.2, 0.25) is 0 Å². The van der Waals surface area contributed by atoms with E-state index in [0.717, 1.165) is 5.56 Å². The minimum Gasteiger partial charge on any atom is -0.320 e. The van der Waals surface area contributed by atoms with Gasteiger partial charge in [-0.15, -0.1) is 0 Å². The normalized spacial score (nSPS) is 9.65. The highest BCUT2D eigenvalue weighted by Gasteiger charge is 2.10. The molecule has 4 N–H and O–H groups in total. The average Bonchev–Trinajstić information content (AvgIpc) is 2.49. The Morgan fingerprint density at radius 1 is 1.35 bits per heavy atom. The minimum atomic E-state index is -0.403. The lowest BCUT2D eigenvalue weighted by Crippen LogP contribution is -2.16. The van der Waals surface area contributed by atoms with Crippen molar-refractivity contribution >= 4 is 17.4 Å². The Hall–Kier alpha value is -2.98. The summed E-state index contributed by atoms with van der Waals surface area (Å²) in [4.78, 5) is 19.9. The molecule has 0 bridgehead atoms. The number of rotatable bonds is 3. The maximum atomic E-state index is 12.0. The maximum Gasteiger partial charge on any atom is 0.275 e. The molecule has 7 nitrogen and oxygen atoms in total. The van der Waals surface area contributed by atoms with E-state index in [4.69, 9.17) is 11.1 Å². The number of nitrogens with zero attached hydrogens (tertiary/aromatic N) is 3. The third-order valence-corrected chi connectivity index (χ3v) is 2.65. The quantitative estimate of drug-likeness (QED) is 0.568.